The van der Waals surface area contributed by atoms with Crippen LogP contribution in [0.15, 0.2) is 66.9 Å². The van der Waals surface area contributed by atoms with Crippen molar-refractivity contribution in [2.75, 3.05) is 6.61 Å². The number of carboxylic acid groups (broad SMARTS) is 1. The molecule has 0 aliphatic heterocycles. The van der Waals surface area contributed by atoms with E-state index in [4.69, 9.17) is 18.9 Å². The summed E-state index contributed by atoms with van der Waals surface area (Å²) in [5.41, 5.74) is -0.136. The molecule has 0 aliphatic carbocycles. The number of ether oxygens (including phenoxy) is 4. The number of urea groups is 1. The third kappa shape index (κ3) is 26.2. The van der Waals surface area contributed by atoms with E-state index in [2.05, 4.69) is 31.6 Å². The van der Waals surface area contributed by atoms with Crippen molar-refractivity contribution in [3.8, 4) is 0 Å². The van der Waals surface area contributed by atoms with Gasteiger partial charge >= 0.3 is 29.9 Å². The molecule has 0 spiro atoms. The molecule has 19 heteroatoms. The van der Waals surface area contributed by atoms with Gasteiger partial charge in [-0.25, -0.2) is 19.2 Å². The number of aryl methyl sites for hydroxylation is 1. The first-order valence-electron chi connectivity index (χ1n) is 25.0. The Morgan fingerprint density at radius 3 is 1.67 bits per heavy atom. The molecule has 0 fully saturated rings. The summed E-state index contributed by atoms with van der Waals surface area (Å²) < 4.78 is 24.0. The third-order valence-electron chi connectivity index (χ3n) is 10.5. The summed E-state index contributed by atoms with van der Waals surface area (Å²) in [4.78, 5) is 90.5. The van der Waals surface area contributed by atoms with Crippen LogP contribution in [0, 0.1) is 0 Å². The molecule has 19 nitrogen and oxygen atoms in total. The van der Waals surface area contributed by atoms with E-state index in [1.54, 1.807) is 85.3 Å². The molecule has 4 atom stereocenters. The molecule has 0 unspecified atom stereocenters. The number of aromatic nitrogens is 3. The van der Waals surface area contributed by atoms with Crippen LogP contribution in [0.25, 0.3) is 0 Å². The highest BCUT2D eigenvalue weighted by Crippen LogP contribution is 2.16. The zero-order valence-electron chi connectivity index (χ0n) is 43.8. The molecule has 0 bridgehead atoms. The monoisotopic (exact) mass is 1010 g/mol. The van der Waals surface area contributed by atoms with Gasteiger partial charge in [0.1, 0.15) is 46.7 Å². The fraction of sp³-hybridized carbons (Fsp3) is 0.604. The first-order valence-corrected chi connectivity index (χ1v) is 25.0. The van der Waals surface area contributed by atoms with Gasteiger partial charge in [-0.05, 0) is 112 Å². The van der Waals surface area contributed by atoms with E-state index < -0.39 is 76.8 Å². The number of unbranched alkanes of at least 4 members (excludes halogenated alkanes) is 5. The summed E-state index contributed by atoms with van der Waals surface area (Å²) in [6, 6.07) is 13.2. The average molecular weight is 1010 g/mol. The number of hydrogen-bond donors (Lipinski definition) is 5. The van der Waals surface area contributed by atoms with Crippen LogP contribution in [-0.4, -0.2) is 109 Å². The second-order valence-corrected chi connectivity index (χ2v) is 20.9. The van der Waals surface area contributed by atoms with Crippen molar-refractivity contribution in [1.29, 1.82) is 0 Å². The first kappa shape index (κ1) is 59.9. The van der Waals surface area contributed by atoms with Crippen molar-refractivity contribution in [2.24, 2.45) is 0 Å². The van der Waals surface area contributed by atoms with E-state index in [1.165, 1.54) is 0 Å². The van der Waals surface area contributed by atoms with Crippen molar-refractivity contribution >= 4 is 41.7 Å². The Balaban J connectivity index is 1.39. The highest BCUT2D eigenvalue weighted by atomic mass is 16.6. The van der Waals surface area contributed by atoms with E-state index in [9.17, 15) is 38.7 Å². The predicted molar refractivity (Wildman–Crippen MR) is 269 cm³/mol. The highest BCUT2D eigenvalue weighted by Gasteiger charge is 2.32. The Kier molecular flexibility index (Phi) is 24.8. The van der Waals surface area contributed by atoms with Gasteiger partial charge in [-0.3, -0.25) is 19.1 Å². The molecular weight excluding hydrogens is 927 g/mol. The van der Waals surface area contributed by atoms with Crippen molar-refractivity contribution in [3.63, 3.8) is 0 Å². The molecular formula is C53H79N7O12. The van der Waals surface area contributed by atoms with Gasteiger partial charge in [0, 0.05) is 38.8 Å². The average Bonchev–Trinajstić information content (AvgIpc) is 3.74. The molecule has 0 saturated carbocycles. The molecule has 1 aromatic heterocycles. The largest absolute Gasteiger partial charge is 0.480 e. The van der Waals surface area contributed by atoms with Crippen LogP contribution in [0.2, 0.25) is 0 Å². The van der Waals surface area contributed by atoms with E-state index in [0.717, 1.165) is 36.8 Å². The molecule has 5 N–H and O–H groups in total. The number of aliphatic carboxylic acids is 1. The first-order chi connectivity index (χ1) is 33.9. The van der Waals surface area contributed by atoms with Crippen LogP contribution < -0.4 is 21.3 Å². The lowest BCUT2D eigenvalue weighted by atomic mass is 10.0. The Morgan fingerprint density at radius 2 is 1.11 bits per heavy atom. The minimum absolute atomic E-state index is 0.0799. The third-order valence-corrected chi connectivity index (χ3v) is 10.5. The number of benzene rings is 2. The maximum Gasteiger partial charge on any atom is 0.329 e. The number of hydrogen-bond acceptors (Lipinski definition) is 13. The SMILES string of the molecule is CC(C)(C)OC(=O)CC[C@H](NC(=O)N[C@@H](CCCCn1cc(COCCCCCCCC(=O)N[C@@H](Cc2ccccc2)C(=O)N[C@@H](Cc2ccccc2)C(=O)O)nn1)C(=O)OC(C)(C)C)C(=O)OC(C)(C)C. The van der Waals surface area contributed by atoms with Crippen LogP contribution >= 0.6 is 0 Å². The van der Waals surface area contributed by atoms with Gasteiger partial charge in [0.2, 0.25) is 11.8 Å². The number of esters is 3. The second kappa shape index (κ2) is 29.8. The zero-order valence-corrected chi connectivity index (χ0v) is 43.8. The smallest absolute Gasteiger partial charge is 0.329 e. The molecule has 0 aliphatic rings. The maximum atomic E-state index is 13.4. The summed E-state index contributed by atoms with van der Waals surface area (Å²) in [5.74, 6) is -3.89. The summed E-state index contributed by atoms with van der Waals surface area (Å²) in [7, 11) is 0. The lowest BCUT2D eigenvalue weighted by Crippen LogP contribution is -2.53. The topological polar surface area (TPSA) is 255 Å². The number of carboxylic acids is 1. The van der Waals surface area contributed by atoms with Gasteiger partial charge in [0.25, 0.3) is 0 Å². The summed E-state index contributed by atoms with van der Waals surface area (Å²) >= 11 is 0. The lowest BCUT2D eigenvalue weighted by Gasteiger charge is -2.27. The van der Waals surface area contributed by atoms with Gasteiger partial charge in [0.15, 0.2) is 0 Å². The number of nitrogens with zero attached hydrogens (tertiary/aromatic N) is 3. The zero-order chi connectivity index (χ0) is 53.3. The Hall–Kier alpha value is -6.37. The summed E-state index contributed by atoms with van der Waals surface area (Å²) in [6.07, 6.45) is 7.48. The Bertz CT molecular complexity index is 2160. The van der Waals surface area contributed by atoms with Gasteiger partial charge in [-0.1, -0.05) is 85.1 Å². The number of nitrogens with one attached hydrogen (secondary N) is 4. The van der Waals surface area contributed by atoms with Gasteiger partial charge in [0.05, 0.1) is 12.8 Å². The van der Waals surface area contributed by atoms with Crippen LogP contribution in [0.3, 0.4) is 0 Å². The number of carbonyl (C=O) groups excluding carboxylic acids is 6. The van der Waals surface area contributed by atoms with Crippen molar-refractivity contribution in [1.82, 2.24) is 36.3 Å². The molecule has 0 radical (unpaired) electrons. The van der Waals surface area contributed by atoms with Crippen molar-refractivity contribution < 1.29 is 57.6 Å². The molecule has 1 heterocycles. The van der Waals surface area contributed by atoms with E-state index >= 15 is 0 Å². The standard InChI is InChI=1S/C53H79N7O12/c1-51(2,3)70-45(62)30-29-41(49(67)72-53(7,8)9)57-50(68)56-40(48(66)71-52(4,5)6)27-20-21-31-60-35-39(58-59-60)36-69-32-22-12-10-11-19-28-44(61)54-42(33-37-23-15-13-16-24-37)46(63)55-43(47(64)65)34-38-25-17-14-18-26-38/h13-18,23-26,35,40-43H,10-12,19-22,27-34,36H2,1-9H3,(H,54,61)(H,55,63)(H,64,65)(H2,56,57,68)/t40-,41-,42-,43-/m0/s1. The Labute approximate surface area is 424 Å². The van der Waals surface area contributed by atoms with Gasteiger partial charge < -0.3 is 45.3 Å². The maximum absolute atomic E-state index is 13.4. The molecule has 0 saturated heterocycles. The van der Waals surface area contributed by atoms with E-state index in [0.29, 0.717) is 38.1 Å². The van der Waals surface area contributed by atoms with Crippen LogP contribution in [-0.2, 0) is 73.7 Å². The predicted octanol–water partition coefficient (Wildman–Crippen LogP) is 6.69. The van der Waals surface area contributed by atoms with Crippen LogP contribution in [0.1, 0.15) is 150 Å². The summed E-state index contributed by atoms with van der Waals surface area (Å²) in [5, 5.41) is 28.9. The lowest BCUT2D eigenvalue weighted by molar-refractivity contribution is -0.159. The molecule has 398 valence electrons. The fourth-order valence-corrected chi connectivity index (χ4v) is 7.24. The normalized spacial score (nSPS) is 13.4. The van der Waals surface area contributed by atoms with E-state index in [1.807, 2.05) is 48.5 Å². The summed E-state index contributed by atoms with van der Waals surface area (Å²) in [6.45, 7) is 16.7. The molecule has 2 aromatic carbocycles. The van der Waals surface area contributed by atoms with Crippen molar-refractivity contribution in [2.45, 2.75) is 200 Å². The minimum atomic E-state index is -1.19. The van der Waals surface area contributed by atoms with Gasteiger partial charge in [-0.2, -0.15) is 0 Å². The van der Waals surface area contributed by atoms with Gasteiger partial charge in [-0.15, -0.1) is 5.10 Å². The number of carbonyl (C=O) groups is 7. The fourth-order valence-electron chi connectivity index (χ4n) is 7.24. The molecule has 4 amide bonds. The number of amides is 4. The minimum Gasteiger partial charge on any atom is -0.480 e. The second-order valence-electron chi connectivity index (χ2n) is 20.9. The Morgan fingerprint density at radius 1 is 0.583 bits per heavy atom. The highest BCUT2D eigenvalue weighted by molar-refractivity contribution is 5.91. The number of rotatable bonds is 30. The van der Waals surface area contributed by atoms with Crippen LogP contribution in [0.4, 0.5) is 4.79 Å². The van der Waals surface area contributed by atoms with E-state index in [-0.39, 0.29) is 51.0 Å². The molecule has 3 aromatic rings. The molecule has 3 rings (SSSR count). The quantitative estimate of drug-likeness (QED) is 0.0265. The van der Waals surface area contributed by atoms with Crippen LogP contribution in [0.5, 0.6) is 0 Å². The van der Waals surface area contributed by atoms with Crippen molar-refractivity contribution in [3.05, 3.63) is 83.7 Å². The molecule has 72 heavy (non-hydrogen) atoms.